The number of ether oxygens (including phenoxy) is 3. The van der Waals surface area contributed by atoms with Crippen LogP contribution in [0.3, 0.4) is 0 Å². The highest BCUT2D eigenvalue weighted by atomic mass is 32.2. The van der Waals surface area contributed by atoms with Gasteiger partial charge in [0.1, 0.15) is 23.2 Å². The minimum absolute atomic E-state index is 0.0132. The van der Waals surface area contributed by atoms with Gasteiger partial charge >= 0.3 is 5.97 Å². The maximum Gasteiger partial charge on any atom is 0.338 e. The van der Waals surface area contributed by atoms with Gasteiger partial charge in [-0.1, -0.05) is 25.1 Å². The van der Waals surface area contributed by atoms with E-state index >= 15 is 0 Å². The van der Waals surface area contributed by atoms with Gasteiger partial charge in [0, 0.05) is 23.9 Å². The summed E-state index contributed by atoms with van der Waals surface area (Å²) in [6.45, 7) is 3.94. The van der Waals surface area contributed by atoms with Gasteiger partial charge < -0.3 is 19.9 Å². The highest BCUT2D eigenvalue weighted by Gasteiger charge is 2.37. The van der Waals surface area contributed by atoms with Crippen molar-refractivity contribution in [2.24, 2.45) is 5.73 Å². The number of rotatable bonds is 9. The van der Waals surface area contributed by atoms with E-state index in [2.05, 4.69) is 11.1 Å². The van der Waals surface area contributed by atoms with Gasteiger partial charge in [-0.05, 0) is 37.1 Å². The number of hydrogen-bond acceptors (Lipinski definition) is 8. The number of methoxy groups -OCH3 is 1. The van der Waals surface area contributed by atoms with Gasteiger partial charge in [0.2, 0.25) is 5.88 Å². The SMILES string of the molecule is CCCC1=C(C(=O)OCC)[C@@H](c2ccc(OC)c(CSc3ccccn3)c2)C(C#N)=C(N)O1. The third kappa shape index (κ3) is 5.49. The third-order valence-corrected chi connectivity index (χ3v) is 6.11. The van der Waals surface area contributed by atoms with Crippen molar-refractivity contribution in [1.82, 2.24) is 4.98 Å². The van der Waals surface area contributed by atoms with Crippen molar-refractivity contribution < 1.29 is 19.0 Å². The molecule has 2 N–H and O–H groups in total. The topological polar surface area (TPSA) is 107 Å². The molecule has 0 unspecified atom stereocenters. The summed E-state index contributed by atoms with van der Waals surface area (Å²) < 4.78 is 16.6. The van der Waals surface area contributed by atoms with Gasteiger partial charge in [-0.25, -0.2) is 9.78 Å². The lowest BCUT2D eigenvalue weighted by Crippen LogP contribution is -2.26. The number of carbonyl (C=O) groups is 1. The van der Waals surface area contributed by atoms with E-state index in [1.54, 1.807) is 32.0 Å². The van der Waals surface area contributed by atoms with E-state index in [-0.39, 0.29) is 18.1 Å². The van der Waals surface area contributed by atoms with E-state index in [9.17, 15) is 10.1 Å². The summed E-state index contributed by atoms with van der Waals surface area (Å²) in [4.78, 5) is 17.3. The molecule has 33 heavy (non-hydrogen) atoms. The van der Waals surface area contributed by atoms with Crippen molar-refractivity contribution in [3.8, 4) is 11.8 Å². The molecule has 0 aliphatic carbocycles. The van der Waals surface area contributed by atoms with E-state index in [1.807, 2.05) is 43.3 Å². The monoisotopic (exact) mass is 465 g/mol. The summed E-state index contributed by atoms with van der Waals surface area (Å²) in [5.41, 5.74) is 8.27. The van der Waals surface area contributed by atoms with Crippen LogP contribution >= 0.6 is 11.8 Å². The number of esters is 1. The number of carbonyl (C=O) groups excluding carboxylic acids is 1. The van der Waals surface area contributed by atoms with Crippen LogP contribution in [0, 0.1) is 11.3 Å². The van der Waals surface area contributed by atoms with Crippen LogP contribution in [0.25, 0.3) is 0 Å². The fourth-order valence-corrected chi connectivity index (χ4v) is 4.51. The van der Waals surface area contributed by atoms with Crippen LogP contribution in [0.1, 0.15) is 43.7 Å². The Kier molecular flexibility index (Phi) is 8.39. The van der Waals surface area contributed by atoms with E-state index in [1.165, 1.54) is 0 Å². The highest BCUT2D eigenvalue weighted by molar-refractivity contribution is 7.98. The van der Waals surface area contributed by atoms with Crippen molar-refractivity contribution >= 4 is 17.7 Å². The van der Waals surface area contributed by atoms with Crippen LogP contribution in [-0.2, 0) is 20.0 Å². The molecule has 8 heteroatoms. The first kappa shape index (κ1) is 24.2. The average molecular weight is 466 g/mol. The zero-order chi connectivity index (χ0) is 23.8. The Hall–Kier alpha value is -3.44. The first-order chi connectivity index (χ1) is 16.0. The summed E-state index contributed by atoms with van der Waals surface area (Å²) in [6, 6.07) is 13.5. The third-order valence-electron chi connectivity index (χ3n) is 5.12. The van der Waals surface area contributed by atoms with Gasteiger partial charge in [-0.2, -0.15) is 5.26 Å². The van der Waals surface area contributed by atoms with Crippen LogP contribution in [0.5, 0.6) is 5.75 Å². The van der Waals surface area contributed by atoms with Gasteiger partial charge in [0.05, 0.1) is 30.2 Å². The van der Waals surface area contributed by atoms with E-state index in [0.717, 1.165) is 22.6 Å². The van der Waals surface area contributed by atoms with Crippen LogP contribution in [0.4, 0.5) is 0 Å². The predicted molar refractivity (Wildman–Crippen MR) is 126 cm³/mol. The molecule has 0 saturated carbocycles. The average Bonchev–Trinajstić information content (AvgIpc) is 2.83. The van der Waals surface area contributed by atoms with Crippen molar-refractivity contribution in [1.29, 1.82) is 5.26 Å². The van der Waals surface area contributed by atoms with Crippen molar-refractivity contribution in [2.75, 3.05) is 13.7 Å². The van der Waals surface area contributed by atoms with E-state index < -0.39 is 11.9 Å². The van der Waals surface area contributed by atoms with E-state index in [0.29, 0.717) is 29.3 Å². The largest absolute Gasteiger partial charge is 0.496 e. The molecule has 0 radical (unpaired) electrons. The molecule has 1 aromatic heterocycles. The Morgan fingerprint density at radius 2 is 2.12 bits per heavy atom. The number of nitrogens with two attached hydrogens (primary N) is 1. The number of thioether (sulfide) groups is 1. The molecule has 1 aliphatic rings. The molecule has 0 amide bonds. The molecule has 1 aliphatic heterocycles. The quantitative estimate of drug-likeness (QED) is 0.415. The molecule has 1 aromatic carbocycles. The lowest BCUT2D eigenvalue weighted by Gasteiger charge is -2.28. The number of nitriles is 1. The lowest BCUT2D eigenvalue weighted by atomic mass is 9.82. The second kappa shape index (κ2) is 11.4. The summed E-state index contributed by atoms with van der Waals surface area (Å²) in [7, 11) is 1.61. The molecule has 0 bridgehead atoms. The molecular weight excluding hydrogens is 438 g/mol. The number of allylic oxidation sites excluding steroid dienone is 2. The molecule has 1 atom stereocenters. The molecule has 172 valence electrons. The van der Waals surface area contributed by atoms with Crippen molar-refractivity contribution in [2.45, 2.75) is 43.4 Å². The summed E-state index contributed by atoms with van der Waals surface area (Å²) in [5.74, 6) is 0.566. The Morgan fingerprint density at radius 1 is 1.30 bits per heavy atom. The smallest absolute Gasteiger partial charge is 0.338 e. The second-order valence-corrected chi connectivity index (χ2v) is 8.26. The van der Waals surface area contributed by atoms with Crippen molar-refractivity contribution in [3.05, 3.63) is 76.5 Å². The Balaban J connectivity index is 2.08. The predicted octanol–water partition coefficient (Wildman–Crippen LogP) is 4.81. The van der Waals surface area contributed by atoms with Gasteiger partial charge in [-0.15, -0.1) is 11.8 Å². The summed E-state index contributed by atoms with van der Waals surface area (Å²) >= 11 is 1.57. The molecule has 0 saturated heterocycles. The molecule has 3 rings (SSSR count). The molecular formula is C25H27N3O4S. The Bertz CT molecular complexity index is 1110. The number of nitrogens with zero attached hydrogens (tertiary/aromatic N) is 2. The first-order valence-electron chi connectivity index (χ1n) is 10.7. The fourth-order valence-electron chi connectivity index (χ4n) is 3.67. The number of benzene rings is 1. The van der Waals surface area contributed by atoms with E-state index in [4.69, 9.17) is 19.9 Å². The molecule has 2 heterocycles. The zero-order valence-corrected chi connectivity index (χ0v) is 19.8. The molecule has 7 nitrogen and oxygen atoms in total. The number of hydrogen-bond donors (Lipinski definition) is 1. The fraction of sp³-hybridized carbons (Fsp3) is 0.320. The van der Waals surface area contributed by atoms with Crippen LogP contribution in [-0.4, -0.2) is 24.7 Å². The zero-order valence-electron chi connectivity index (χ0n) is 19.0. The van der Waals surface area contributed by atoms with Gasteiger partial charge in [0.15, 0.2) is 0 Å². The minimum Gasteiger partial charge on any atom is -0.496 e. The standard InChI is InChI=1S/C25H27N3O4S/c1-4-8-20-23(25(29)31-5-2)22(18(14-26)24(27)32-20)16-10-11-19(30-3)17(13-16)15-33-21-9-6-7-12-28-21/h6-7,9-13,22H,4-5,8,15,27H2,1-3H3/t22-/m0/s1. The van der Waals surface area contributed by atoms with Gasteiger partial charge in [-0.3, -0.25) is 0 Å². The molecule has 0 fully saturated rings. The Morgan fingerprint density at radius 3 is 2.76 bits per heavy atom. The Labute approximate surface area is 198 Å². The van der Waals surface area contributed by atoms with Crippen LogP contribution < -0.4 is 10.5 Å². The van der Waals surface area contributed by atoms with Crippen LogP contribution in [0.15, 0.2) is 70.4 Å². The number of aromatic nitrogens is 1. The number of pyridine rings is 1. The minimum atomic E-state index is -0.686. The highest BCUT2D eigenvalue weighted by Crippen LogP contribution is 2.42. The summed E-state index contributed by atoms with van der Waals surface area (Å²) in [6.07, 6.45) is 2.99. The summed E-state index contributed by atoms with van der Waals surface area (Å²) in [5, 5.41) is 10.8. The normalized spacial score (nSPS) is 15.6. The van der Waals surface area contributed by atoms with Gasteiger partial charge in [0.25, 0.3) is 0 Å². The van der Waals surface area contributed by atoms with Crippen molar-refractivity contribution in [3.63, 3.8) is 0 Å². The maximum absolute atomic E-state index is 13.0. The first-order valence-corrected chi connectivity index (χ1v) is 11.7. The molecule has 0 spiro atoms. The second-order valence-electron chi connectivity index (χ2n) is 7.26. The molecule has 2 aromatic rings. The lowest BCUT2D eigenvalue weighted by molar-refractivity contribution is -0.139. The maximum atomic E-state index is 13.0. The van der Waals surface area contributed by atoms with Crippen LogP contribution in [0.2, 0.25) is 0 Å².